The Morgan fingerprint density at radius 1 is 1.27 bits per heavy atom. The minimum Gasteiger partial charge on any atom is -0.508 e. The topological polar surface area (TPSA) is 120 Å². The molecule has 30 heavy (non-hydrogen) atoms. The molecule has 0 saturated heterocycles. The molecule has 2 heterocycles. The number of aromatic nitrogens is 2. The van der Waals surface area contributed by atoms with Crippen LogP contribution < -0.4 is 16.2 Å². The number of phenols is 1. The monoisotopic (exact) mass is 409 g/mol. The van der Waals surface area contributed by atoms with Crippen molar-refractivity contribution in [3.05, 3.63) is 41.0 Å². The van der Waals surface area contributed by atoms with E-state index in [-0.39, 0.29) is 22.7 Å². The summed E-state index contributed by atoms with van der Waals surface area (Å²) in [5.41, 5.74) is 14.9. The first-order chi connectivity index (χ1) is 14.2. The minimum absolute atomic E-state index is 0.0500. The maximum absolute atomic E-state index is 12.2. The van der Waals surface area contributed by atoms with Crippen LogP contribution in [-0.2, 0) is 0 Å². The van der Waals surface area contributed by atoms with Crippen molar-refractivity contribution in [1.29, 1.82) is 0 Å². The van der Waals surface area contributed by atoms with Gasteiger partial charge in [0.05, 0.1) is 16.8 Å². The number of aryl methyl sites for hydroxylation is 1. The second kappa shape index (κ2) is 6.91. The number of anilines is 1. The minimum atomic E-state index is -0.633. The molecule has 0 aliphatic heterocycles. The van der Waals surface area contributed by atoms with Crippen molar-refractivity contribution in [2.24, 2.45) is 5.73 Å². The van der Waals surface area contributed by atoms with Gasteiger partial charge >= 0.3 is 0 Å². The molecule has 0 bridgehead atoms. The lowest BCUT2D eigenvalue weighted by atomic mass is 10.1. The fourth-order valence-corrected chi connectivity index (χ4v) is 3.97. The molecule has 3 aromatic rings. The number of ether oxygens (including phenoxy) is 1. The van der Waals surface area contributed by atoms with Gasteiger partial charge in [0, 0.05) is 17.0 Å². The molecule has 1 saturated carbocycles. The van der Waals surface area contributed by atoms with E-state index in [1.54, 1.807) is 35.8 Å². The largest absolute Gasteiger partial charge is 0.508 e. The number of fused-ring (bicyclic) bond motifs is 1. The number of pyridine rings is 1. The molecule has 4 rings (SSSR count). The molecule has 0 spiro atoms. The summed E-state index contributed by atoms with van der Waals surface area (Å²) >= 11 is 0. The van der Waals surface area contributed by atoms with E-state index in [0.29, 0.717) is 34.8 Å². The highest BCUT2D eigenvalue weighted by atomic mass is 16.5. The maximum atomic E-state index is 12.2. The molecule has 8 heteroatoms. The highest BCUT2D eigenvalue weighted by Gasteiger charge is 2.45. The first kappa shape index (κ1) is 20.0. The third-order valence-electron chi connectivity index (χ3n) is 6.17. The molecule has 1 aliphatic carbocycles. The van der Waals surface area contributed by atoms with Crippen molar-refractivity contribution in [1.82, 2.24) is 14.5 Å². The summed E-state index contributed by atoms with van der Waals surface area (Å²) in [6.07, 6.45) is 2.16. The first-order valence-corrected chi connectivity index (χ1v) is 9.87. The third kappa shape index (κ3) is 3.04. The smallest absolute Gasteiger partial charge is 0.253 e. The van der Waals surface area contributed by atoms with Crippen molar-refractivity contribution in [2.75, 3.05) is 26.4 Å². The molecule has 1 fully saturated rings. The van der Waals surface area contributed by atoms with Gasteiger partial charge in [0.25, 0.3) is 5.91 Å². The number of likely N-dealkylation sites (N-methyl/N-ethyl adjacent to an activating group) is 1. The van der Waals surface area contributed by atoms with Gasteiger partial charge in [-0.05, 0) is 58.5 Å². The molecule has 2 aromatic heterocycles. The van der Waals surface area contributed by atoms with Gasteiger partial charge in [0.1, 0.15) is 18.2 Å². The van der Waals surface area contributed by atoms with Crippen LogP contribution in [0.4, 0.5) is 5.82 Å². The lowest BCUT2D eigenvalue weighted by molar-refractivity contribution is 0.100. The number of amides is 1. The predicted molar refractivity (Wildman–Crippen MR) is 116 cm³/mol. The highest BCUT2D eigenvalue weighted by Crippen LogP contribution is 2.41. The summed E-state index contributed by atoms with van der Waals surface area (Å²) in [6.45, 7) is 4.23. The van der Waals surface area contributed by atoms with Crippen LogP contribution in [0.1, 0.15) is 34.3 Å². The van der Waals surface area contributed by atoms with Gasteiger partial charge in [0.15, 0.2) is 5.65 Å². The van der Waals surface area contributed by atoms with E-state index in [1.165, 1.54) is 0 Å². The molecule has 0 atom stereocenters. The Bertz CT molecular complexity index is 1160. The average Bonchev–Trinajstić information content (AvgIpc) is 3.43. The van der Waals surface area contributed by atoms with Gasteiger partial charge in [-0.3, -0.25) is 9.36 Å². The van der Waals surface area contributed by atoms with Gasteiger partial charge < -0.3 is 26.2 Å². The molecular weight excluding hydrogens is 382 g/mol. The number of aromatic hydroxyl groups is 1. The van der Waals surface area contributed by atoms with E-state index in [9.17, 15) is 9.90 Å². The number of nitrogens with zero attached hydrogens (tertiary/aromatic N) is 3. The Hall–Kier alpha value is -3.26. The molecule has 1 aliphatic rings. The molecule has 0 unspecified atom stereocenters. The zero-order chi connectivity index (χ0) is 21.8. The summed E-state index contributed by atoms with van der Waals surface area (Å²) in [5.74, 6) is 0.130. The number of benzene rings is 1. The summed E-state index contributed by atoms with van der Waals surface area (Å²) in [7, 11) is 4.09. The van der Waals surface area contributed by atoms with Gasteiger partial charge in [-0.25, -0.2) is 0 Å². The molecule has 1 aromatic carbocycles. The second-order valence-electron chi connectivity index (χ2n) is 8.26. The van der Waals surface area contributed by atoms with E-state index >= 15 is 0 Å². The van der Waals surface area contributed by atoms with Crippen LogP contribution in [0.15, 0.2) is 24.3 Å². The number of rotatable bonds is 6. The van der Waals surface area contributed by atoms with Gasteiger partial charge in [0.2, 0.25) is 5.88 Å². The fourth-order valence-electron chi connectivity index (χ4n) is 3.97. The maximum Gasteiger partial charge on any atom is 0.253 e. The summed E-state index contributed by atoms with van der Waals surface area (Å²) in [6, 6.07) is 6.91. The molecule has 0 radical (unpaired) electrons. The van der Waals surface area contributed by atoms with E-state index in [1.807, 2.05) is 21.0 Å². The Kier molecular flexibility index (Phi) is 4.62. The number of carbonyl (C=O) groups is 1. The van der Waals surface area contributed by atoms with Crippen LogP contribution in [0, 0.1) is 13.8 Å². The van der Waals surface area contributed by atoms with E-state index in [0.717, 1.165) is 18.4 Å². The lowest BCUT2D eigenvalue weighted by Crippen LogP contribution is -2.36. The third-order valence-corrected chi connectivity index (χ3v) is 6.17. The number of primary amides is 1. The van der Waals surface area contributed by atoms with Crippen molar-refractivity contribution in [3.8, 4) is 17.3 Å². The highest BCUT2D eigenvalue weighted by molar-refractivity contribution is 6.11. The molecule has 1 amide bonds. The molecule has 158 valence electrons. The molecule has 8 nitrogen and oxygen atoms in total. The second-order valence-corrected chi connectivity index (χ2v) is 8.26. The van der Waals surface area contributed by atoms with Crippen LogP contribution in [0.3, 0.4) is 0 Å². The van der Waals surface area contributed by atoms with Crippen molar-refractivity contribution in [3.63, 3.8) is 0 Å². The Morgan fingerprint density at radius 2 is 1.97 bits per heavy atom. The Balaban J connectivity index is 1.88. The van der Waals surface area contributed by atoms with Crippen LogP contribution >= 0.6 is 0 Å². The van der Waals surface area contributed by atoms with Gasteiger partial charge in [-0.2, -0.15) is 4.98 Å². The van der Waals surface area contributed by atoms with Crippen LogP contribution in [0.2, 0.25) is 0 Å². The Labute approximate surface area is 175 Å². The summed E-state index contributed by atoms with van der Waals surface area (Å²) < 4.78 is 7.69. The molecular formula is C22H27N5O3. The van der Waals surface area contributed by atoms with Crippen LogP contribution in [0.5, 0.6) is 11.6 Å². The van der Waals surface area contributed by atoms with Crippen molar-refractivity contribution in [2.45, 2.75) is 32.2 Å². The number of carbonyl (C=O) groups excluding carboxylic acids is 1. The zero-order valence-corrected chi connectivity index (χ0v) is 17.7. The van der Waals surface area contributed by atoms with Crippen LogP contribution in [0.25, 0.3) is 16.7 Å². The van der Waals surface area contributed by atoms with Crippen LogP contribution in [-0.4, -0.2) is 51.7 Å². The standard InChI is InChI=1S/C22H27N5O3/c1-12-5-7-15(28)13(2)18(12)27-19(23)17(20(24)29)14-6-8-16(25-21(14)27)30-11-22(9-10-22)26(3)4/h5-8,28H,9-11,23H2,1-4H3,(H2,24,29). The van der Waals surface area contributed by atoms with E-state index < -0.39 is 5.91 Å². The number of nitrogens with two attached hydrogens (primary N) is 2. The fraction of sp³-hybridized carbons (Fsp3) is 0.364. The van der Waals surface area contributed by atoms with Gasteiger partial charge in [-0.1, -0.05) is 6.07 Å². The first-order valence-electron chi connectivity index (χ1n) is 9.87. The zero-order valence-electron chi connectivity index (χ0n) is 17.7. The summed E-state index contributed by atoms with van der Waals surface area (Å²) in [4.78, 5) is 19.0. The quantitative estimate of drug-likeness (QED) is 0.575. The Morgan fingerprint density at radius 3 is 2.57 bits per heavy atom. The number of hydrogen-bond donors (Lipinski definition) is 3. The van der Waals surface area contributed by atoms with Gasteiger partial charge in [-0.15, -0.1) is 0 Å². The van der Waals surface area contributed by atoms with Crippen molar-refractivity contribution >= 4 is 22.8 Å². The number of hydrogen-bond acceptors (Lipinski definition) is 6. The number of phenolic OH excluding ortho intramolecular Hbond substituents is 1. The van der Waals surface area contributed by atoms with E-state index in [4.69, 9.17) is 16.2 Å². The normalized spacial score (nSPS) is 15.0. The summed E-state index contributed by atoms with van der Waals surface area (Å²) in [5, 5.41) is 10.8. The van der Waals surface area contributed by atoms with Crippen molar-refractivity contribution < 1.29 is 14.6 Å². The van der Waals surface area contributed by atoms with E-state index in [2.05, 4.69) is 9.88 Å². The predicted octanol–water partition coefficient (Wildman–Crippen LogP) is 2.50. The average molecular weight is 409 g/mol. The number of nitrogen functional groups attached to an aromatic ring is 1. The SMILES string of the molecule is Cc1ccc(O)c(C)c1-n1c(N)c(C(N)=O)c2ccc(OCC3(N(C)C)CC3)nc21. The molecule has 5 N–H and O–H groups in total. The lowest BCUT2D eigenvalue weighted by Gasteiger charge is -2.23.